The Morgan fingerprint density at radius 3 is 2.42 bits per heavy atom. The normalized spacial score (nSPS) is 30.9. The number of hydrogen-bond acceptors (Lipinski definition) is 7. The summed E-state index contributed by atoms with van der Waals surface area (Å²) in [5.41, 5.74) is 2.97. The van der Waals surface area contributed by atoms with Crippen LogP contribution in [0.15, 0.2) is 0 Å². The summed E-state index contributed by atoms with van der Waals surface area (Å²) in [6.07, 6.45) is -5.35. The summed E-state index contributed by atoms with van der Waals surface area (Å²) < 4.78 is 71.2. The summed E-state index contributed by atoms with van der Waals surface area (Å²) in [5.74, 6) is -3.18. The summed E-state index contributed by atoms with van der Waals surface area (Å²) in [4.78, 5) is 24.2. The number of amides is 2. The lowest BCUT2D eigenvalue weighted by atomic mass is 10.0. The number of hydrazine groups is 1. The third-order valence-corrected chi connectivity index (χ3v) is 4.20. The second-order valence-corrected chi connectivity index (χ2v) is 6.38. The first-order valence-corrected chi connectivity index (χ1v) is 8.15. The van der Waals surface area contributed by atoms with Crippen LogP contribution in [0.4, 0.5) is 13.2 Å². The predicted molar refractivity (Wildman–Crippen MR) is 69.8 cm³/mol. The summed E-state index contributed by atoms with van der Waals surface area (Å²) in [5, 5.41) is 1.01. The number of nitrogens with zero attached hydrogens (tertiary/aromatic N) is 2. The van der Waals surface area contributed by atoms with E-state index in [2.05, 4.69) is 4.28 Å². The van der Waals surface area contributed by atoms with Crippen molar-refractivity contribution in [3.63, 3.8) is 0 Å². The first-order chi connectivity index (χ1) is 10.9. The zero-order chi connectivity index (χ0) is 18.3. The average molecular weight is 376 g/mol. The van der Waals surface area contributed by atoms with Crippen LogP contribution in [-0.4, -0.2) is 65.7 Å². The van der Waals surface area contributed by atoms with E-state index in [-0.39, 0.29) is 13.0 Å². The predicted octanol–water partition coefficient (Wildman–Crippen LogP) is -1.07. The third-order valence-electron chi connectivity index (χ3n) is 3.84. The first kappa shape index (κ1) is 18.9. The van der Waals surface area contributed by atoms with Crippen molar-refractivity contribution >= 4 is 22.2 Å². The van der Waals surface area contributed by atoms with Crippen molar-refractivity contribution in [2.75, 3.05) is 6.54 Å². The second-order valence-electron chi connectivity index (χ2n) is 5.38. The topological polar surface area (TPSA) is 128 Å². The van der Waals surface area contributed by atoms with Crippen molar-refractivity contribution in [1.82, 2.24) is 20.8 Å². The molecule has 2 rings (SSSR count). The largest absolute Gasteiger partial charge is 0.472 e. The van der Waals surface area contributed by atoms with E-state index in [1.165, 1.54) is 17.2 Å². The number of nitrogens with one attached hydrogen (secondary N) is 2. The second kappa shape index (κ2) is 6.44. The van der Waals surface area contributed by atoms with Crippen LogP contribution in [0.25, 0.3) is 0 Å². The highest BCUT2D eigenvalue weighted by atomic mass is 32.3. The summed E-state index contributed by atoms with van der Waals surface area (Å²) in [7, 11) is -4.74. The Hall–Kier alpha value is -1.48. The van der Waals surface area contributed by atoms with Gasteiger partial charge in [0, 0.05) is 6.54 Å². The molecule has 24 heavy (non-hydrogen) atoms. The lowest BCUT2D eigenvalue weighted by molar-refractivity contribution is -0.175. The van der Waals surface area contributed by atoms with Gasteiger partial charge in [-0.05, 0) is 19.8 Å². The molecular formula is C10H15F3N4O6S. The van der Waals surface area contributed by atoms with Crippen molar-refractivity contribution in [1.29, 1.82) is 0 Å². The fraction of sp³-hybridized carbons (Fsp3) is 0.800. The van der Waals surface area contributed by atoms with Crippen LogP contribution >= 0.6 is 0 Å². The zero-order valence-electron chi connectivity index (χ0n) is 12.3. The molecule has 0 aromatic heterocycles. The molecule has 138 valence electrons. The number of rotatable bonds is 3. The van der Waals surface area contributed by atoms with Crippen LogP contribution < -0.4 is 10.9 Å². The van der Waals surface area contributed by atoms with Crippen molar-refractivity contribution < 1.29 is 40.0 Å². The molecule has 0 saturated carbocycles. The van der Waals surface area contributed by atoms with Gasteiger partial charge < -0.3 is 0 Å². The zero-order valence-corrected chi connectivity index (χ0v) is 13.1. The third kappa shape index (κ3) is 4.13. The number of carbonyl (C=O) groups excluding carboxylic acids is 2. The van der Waals surface area contributed by atoms with Gasteiger partial charge in [-0.2, -0.15) is 25.9 Å². The number of alkyl halides is 3. The molecule has 2 aliphatic rings. The molecule has 2 aliphatic heterocycles. The molecular weight excluding hydrogens is 361 g/mol. The first-order valence-electron chi connectivity index (χ1n) is 6.78. The Morgan fingerprint density at radius 1 is 1.25 bits per heavy atom. The highest BCUT2D eigenvalue weighted by molar-refractivity contribution is 7.80. The maximum Gasteiger partial charge on any atom is 0.472 e. The summed E-state index contributed by atoms with van der Waals surface area (Å²) in [6, 6.07) is -1.30. The molecule has 10 nitrogen and oxygen atoms in total. The number of carbonyl (C=O) groups is 2. The molecule has 0 aromatic carbocycles. The van der Waals surface area contributed by atoms with Crippen LogP contribution in [0, 0.1) is 0 Å². The molecule has 14 heteroatoms. The Bertz CT molecular complexity index is 627. The number of fused-ring (bicyclic) bond motifs is 2. The molecule has 4 atom stereocenters. The van der Waals surface area contributed by atoms with E-state index in [1.54, 1.807) is 5.43 Å². The molecule has 0 aliphatic carbocycles. The molecule has 2 bridgehead atoms. The van der Waals surface area contributed by atoms with E-state index in [0.717, 1.165) is 5.06 Å². The van der Waals surface area contributed by atoms with Gasteiger partial charge in [0.1, 0.15) is 0 Å². The minimum absolute atomic E-state index is 0.202. The van der Waals surface area contributed by atoms with E-state index in [9.17, 15) is 31.2 Å². The quantitative estimate of drug-likeness (QED) is 0.419. The van der Waals surface area contributed by atoms with E-state index >= 15 is 0 Å². The molecule has 2 saturated heterocycles. The Labute approximate surface area is 134 Å². The smallest absolute Gasteiger partial charge is 0.273 e. The van der Waals surface area contributed by atoms with Crippen LogP contribution in [0.1, 0.15) is 19.8 Å². The Morgan fingerprint density at radius 2 is 1.88 bits per heavy atom. The Balaban J connectivity index is 1.99. The highest BCUT2D eigenvalue weighted by Gasteiger charge is 2.48. The van der Waals surface area contributed by atoms with Gasteiger partial charge in [-0.25, -0.2) is 0 Å². The van der Waals surface area contributed by atoms with Crippen LogP contribution in [0.5, 0.6) is 0 Å². The van der Waals surface area contributed by atoms with Gasteiger partial charge in [0.2, 0.25) is 0 Å². The van der Waals surface area contributed by atoms with Gasteiger partial charge in [-0.1, -0.05) is 0 Å². The van der Waals surface area contributed by atoms with Crippen LogP contribution in [0.2, 0.25) is 0 Å². The number of hydrogen-bond donors (Lipinski definition) is 3. The maximum atomic E-state index is 12.1. The lowest BCUT2D eigenvalue weighted by Gasteiger charge is -2.31. The highest BCUT2D eigenvalue weighted by Crippen LogP contribution is 2.33. The standard InChI is InChI=1S/C10H15F3N4O6S/c1-5-16-4-6(17(5)23-24(20,21)22)2-3-7(16)8(18)14-15-9(19)10(11,12)13/h5-7H,2-4H2,1H3,(H,14,18)(H,15,19)(H,20,21,22)/t5?,6-,7-/m0/s1. The molecule has 2 heterocycles. The number of piperidine rings is 1. The number of halogens is 3. The average Bonchev–Trinajstić information content (AvgIpc) is 2.67. The fourth-order valence-corrected chi connectivity index (χ4v) is 3.30. The van der Waals surface area contributed by atoms with Crippen molar-refractivity contribution in [2.45, 2.75) is 44.2 Å². The minimum Gasteiger partial charge on any atom is -0.273 e. The molecule has 3 N–H and O–H groups in total. The maximum absolute atomic E-state index is 12.1. The van der Waals surface area contributed by atoms with Gasteiger partial charge in [-0.15, -0.1) is 5.06 Å². The lowest BCUT2D eigenvalue weighted by Crippen LogP contribution is -2.56. The summed E-state index contributed by atoms with van der Waals surface area (Å²) in [6.45, 7) is 1.72. The monoisotopic (exact) mass is 376 g/mol. The van der Waals surface area contributed by atoms with Gasteiger partial charge in [0.25, 0.3) is 5.91 Å². The van der Waals surface area contributed by atoms with Gasteiger partial charge in [-0.3, -0.25) is 29.9 Å². The molecule has 2 amide bonds. The van der Waals surface area contributed by atoms with Gasteiger partial charge in [0.05, 0.1) is 18.2 Å². The van der Waals surface area contributed by atoms with Gasteiger partial charge >= 0.3 is 22.5 Å². The van der Waals surface area contributed by atoms with Crippen molar-refractivity contribution in [3.05, 3.63) is 0 Å². The van der Waals surface area contributed by atoms with Crippen LogP contribution in [-0.2, 0) is 24.3 Å². The minimum atomic E-state index is -5.13. The van der Waals surface area contributed by atoms with Gasteiger partial charge in [0.15, 0.2) is 0 Å². The SMILES string of the molecule is CC1N2C[C@H](CC[C@H]2C(=O)NNC(=O)C(F)(F)F)N1OS(=O)(=O)O. The number of hydroxylamine groups is 2. The van der Waals surface area contributed by atoms with E-state index in [1.807, 2.05) is 0 Å². The van der Waals surface area contributed by atoms with Crippen molar-refractivity contribution in [3.8, 4) is 0 Å². The van der Waals surface area contributed by atoms with Crippen molar-refractivity contribution in [2.24, 2.45) is 0 Å². The Kier molecular flexibility index (Phi) is 5.06. The van der Waals surface area contributed by atoms with Crippen LogP contribution in [0.3, 0.4) is 0 Å². The summed E-state index contributed by atoms with van der Waals surface area (Å²) >= 11 is 0. The molecule has 0 spiro atoms. The van der Waals surface area contributed by atoms with E-state index < -0.39 is 46.6 Å². The molecule has 0 aromatic rings. The molecule has 2 unspecified atom stereocenters. The molecule has 2 fully saturated rings. The van der Waals surface area contributed by atoms with E-state index in [0.29, 0.717) is 6.42 Å². The molecule has 0 radical (unpaired) electrons. The van der Waals surface area contributed by atoms with E-state index in [4.69, 9.17) is 4.55 Å². The fourth-order valence-electron chi connectivity index (χ4n) is 2.84.